The SMILES string of the molecule is CC(C)c1nccn1CCCCCN. The first-order valence-corrected chi connectivity index (χ1v) is 5.46. The second-order valence-corrected chi connectivity index (χ2v) is 3.98. The van der Waals surface area contributed by atoms with E-state index < -0.39 is 0 Å². The number of imidazole rings is 1. The van der Waals surface area contributed by atoms with E-state index in [1.54, 1.807) is 0 Å². The highest BCUT2D eigenvalue weighted by Gasteiger charge is 2.05. The fraction of sp³-hybridized carbons (Fsp3) is 0.727. The van der Waals surface area contributed by atoms with Crippen molar-refractivity contribution < 1.29 is 0 Å². The summed E-state index contributed by atoms with van der Waals surface area (Å²) in [5.41, 5.74) is 5.45. The summed E-state index contributed by atoms with van der Waals surface area (Å²) in [7, 11) is 0. The van der Waals surface area contributed by atoms with Crippen LogP contribution in [0.2, 0.25) is 0 Å². The van der Waals surface area contributed by atoms with E-state index in [4.69, 9.17) is 5.73 Å². The van der Waals surface area contributed by atoms with Crippen LogP contribution in [-0.2, 0) is 6.54 Å². The van der Waals surface area contributed by atoms with Crippen LogP contribution in [0.3, 0.4) is 0 Å². The molecule has 14 heavy (non-hydrogen) atoms. The van der Waals surface area contributed by atoms with Crippen LogP contribution in [0.25, 0.3) is 0 Å². The molecule has 0 aliphatic carbocycles. The molecule has 1 aromatic rings. The Bertz CT molecular complexity index is 253. The normalized spacial score (nSPS) is 11.1. The minimum absolute atomic E-state index is 0.513. The second kappa shape index (κ2) is 5.81. The smallest absolute Gasteiger partial charge is 0.111 e. The van der Waals surface area contributed by atoms with Gasteiger partial charge in [0.15, 0.2) is 0 Å². The minimum atomic E-state index is 0.513. The van der Waals surface area contributed by atoms with Crippen LogP contribution in [0.5, 0.6) is 0 Å². The Hall–Kier alpha value is -0.830. The molecule has 3 heteroatoms. The molecule has 1 rings (SSSR count). The molecule has 0 aliphatic heterocycles. The van der Waals surface area contributed by atoms with Gasteiger partial charge < -0.3 is 10.3 Å². The molecule has 0 saturated heterocycles. The molecule has 0 bridgehead atoms. The lowest BCUT2D eigenvalue weighted by Crippen LogP contribution is -2.05. The average Bonchev–Trinajstić information content (AvgIpc) is 2.60. The molecule has 0 aliphatic rings. The van der Waals surface area contributed by atoms with E-state index in [9.17, 15) is 0 Å². The fourth-order valence-corrected chi connectivity index (χ4v) is 1.61. The molecule has 2 N–H and O–H groups in total. The predicted octanol–water partition coefficient (Wildman–Crippen LogP) is 2.14. The lowest BCUT2D eigenvalue weighted by Gasteiger charge is -2.09. The van der Waals surface area contributed by atoms with Crippen molar-refractivity contribution in [2.45, 2.75) is 45.6 Å². The number of rotatable bonds is 6. The Morgan fingerprint density at radius 1 is 1.36 bits per heavy atom. The summed E-state index contributed by atoms with van der Waals surface area (Å²) in [5, 5.41) is 0. The molecule has 1 aromatic heterocycles. The van der Waals surface area contributed by atoms with Crippen LogP contribution in [0.4, 0.5) is 0 Å². The summed E-state index contributed by atoms with van der Waals surface area (Å²) in [6.45, 7) is 6.24. The van der Waals surface area contributed by atoms with Crippen molar-refractivity contribution in [2.24, 2.45) is 5.73 Å². The fourth-order valence-electron chi connectivity index (χ4n) is 1.61. The maximum atomic E-state index is 5.45. The Morgan fingerprint density at radius 2 is 2.14 bits per heavy atom. The van der Waals surface area contributed by atoms with Gasteiger partial charge in [0.25, 0.3) is 0 Å². The first-order chi connectivity index (χ1) is 6.75. The van der Waals surface area contributed by atoms with Crippen molar-refractivity contribution in [3.8, 4) is 0 Å². The summed E-state index contributed by atoms with van der Waals surface area (Å²) in [4.78, 5) is 4.35. The van der Waals surface area contributed by atoms with Crippen molar-refractivity contribution in [3.63, 3.8) is 0 Å². The number of unbranched alkanes of at least 4 members (excludes halogenated alkanes) is 2. The molecule has 0 amide bonds. The number of aryl methyl sites for hydroxylation is 1. The number of hydrogen-bond acceptors (Lipinski definition) is 2. The van der Waals surface area contributed by atoms with E-state index in [2.05, 4.69) is 29.6 Å². The molecule has 1 heterocycles. The molecular formula is C11H21N3. The Labute approximate surface area is 86.3 Å². The Morgan fingerprint density at radius 3 is 2.79 bits per heavy atom. The van der Waals surface area contributed by atoms with Crippen LogP contribution in [0.15, 0.2) is 12.4 Å². The summed E-state index contributed by atoms with van der Waals surface area (Å²) >= 11 is 0. The molecule has 0 atom stereocenters. The third-order valence-electron chi connectivity index (χ3n) is 2.37. The van der Waals surface area contributed by atoms with E-state index in [0.717, 1.165) is 19.5 Å². The summed E-state index contributed by atoms with van der Waals surface area (Å²) in [6.07, 6.45) is 7.50. The van der Waals surface area contributed by atoms with E-state index in [-0.39, 0.29) is 0 Å². The molecule has 0 aromatic carbocycles. The van der Waals surface area contributed by atoms with Crippen LogP contribution in [-0.4, -0.2) is 16.1 Å². The lowest BCUT2D eigenvalue weighted by molar-refractivity contribution is 0.558. The number of aromatic nitrogens is 2. The highest BCUT2D eigenvalue weighted by Crippen LogP contribution is 2.12. The second-order valence-electron chi connectivity index (χ2n) is 3.98. The van der Waals surface area contributed by atoms with E-state index in [1.165, 1.54) is 18.7 Å². The monoisotopic (exact) mass is 195 g/mol. The number of nitrogens with zero attached hydrogens (tertiary/aromatic N) is 2. The van der Waals surface area contributed by atoms with Crippen LogP contribution in [0, 0.1) is 0 Å². The lowest BCUT2D eigenvalue weighted by atomic mass is 10.2. The van der Waals surface area contributed by atoms with Crippen molar-refractivity contribution in [1.29, 1.82) is 0 Å². The molecule has 0 saturated carbocycles. The Balaban J connectivity index is 2.38. The van der Waals surface area contributed by atoms with Gasteiger partial charge in [-0.3, -0.25) is 0 Å². The van der Waals surface area contributed by atoms with Gasteiger partial charge in [-0.2, -0.15) is 0 Å². The standard InChI is InChI=1S/C11H21N3/c1-10(2)11-13-7-9-14(11)8-5-3-4-6-12/h7,9-10H,3-6,8,12H2,1-2H3. The third kappa shape index (κ3) is 3.14. The maximum absolute atomic E-state index is 5.45. The van der Waals surface area contributed by atoms with Gasteiger partial charge >= 0.3 is 0 Å². The zero-order valence-electron chi connectivity index (χ0n) is 9.24. The molecule has 0 fully saturated rings. The van der Waals surface area contributed by atoms with Crippen LogP contribution >= 0.6 is 0 Å². The molecule has 3 nitrogen and oxygen atoms in total. The van der Waals surface area contributed by atoms with Crippen molar-refractivity contribution >= 4 is 0 Å². The van der Waals surface area contributed by atoms with Gasteiger partial charge in [0, 0.05) is 24.9 Å². The van der Waals surface area contributed by atoms with Gasteiger partial charge in [0.1, 0.15) is 5.82 Å². The maximum Gasteiger partial charge on any atom is 0.111 e. The summed E-state index contributed by atoms with van der Waals surface area (Å²) in [6, 6.07) is 0. The minimum Gasteiger partial charge on any atom is -0.335 e. The average molecular weight is 195 g/mol. The topological polar surface area (TPSA) is 43.8 Å². The first kappa shape index (κ1) is 11.2. The van der Waals surface area contributed by atoms with Gasteiger partial charge in [-0.15, -0.1) is 0 Å². The third-order valence-corrected chi connectivity index (χ3v) is 2.37. The van der Waals surface area contributed by atoms with Gasteiger partial charge in [0.2, 0.25) is 0 Å². The molecular weight excluding hydrogens is 174 g/mol. The van der Waals surface area contributed by atoms with E-state index in [0.29, 0.717) is 5.92 Å². The Kier molecular flexibility index (Phi) is 4.66. The molecule has 0 radical (unpaired) electrons. The van der Waals surface area contributed by atoms with Crippen LogP contribution in [0.1, 0.15) is 44.9 Å². The molecule has 80 valence electrons. The molecule has 0 unspecified atom stereocenters. The van der Waals surface area contributed by atoms with Crippen molar-refractivity contribution in [3.05, 3.63) is 18.2 Å². The highest BCUT2D eigenvalue weighted by molar-refractivity contribution is 4.97. The zero-order valence-corrected chi connectivity index (χ0v) is 9.24. The van der Waals surface area contributed by atoms with Gasteiger partial charge in [-0.25, -0.2) is 4.98 Å². The largest absolute Gasteiger partial charge is 0.335 e. The van der Waals surface area contributed by atoms with Crippen molar-refractivity contribution in [2.75, 3.05) is 6.54 Å². The van der Waals surface area contributed by atoms with Gasteiger partial charge in [-0.1, -0.05) is 20.3 Å². The number of nitrogens with two attached hydrogens (primary N) is 1. The van der Waals surface area contributed by atoms with E-state index >= 15 is 0 Å². The van der Waals surface area contributed by atoms with Crippen molar-refractivity contribution in [1.82, 2.24) is 9.55 Å². The highest BCUT2D eigenvalue weighted by atomic mass is 15.1. The van der Waals surface area contributed by atoms with E-state index in [1.807, 2.05) is 6.20 Å². The quantitative estimate of drug-likeness (QED) is 0.707. The summed E-state index contributed by atoms with van der Waals surface area (Å²) in [5.74, 6) is 1.71. The molecule has 0 spiro atoms. The van der Waals surface area contributed by atoms with Gasteiger partial charge in [0.05, 0.1) is 0 Å². The first-order valence-electron chi connectivity index (χ1n) is 5.46. The zero-order chi connectivity index (χ0) is 10.4. The summed E-state index contributed by atoms with van der Waals surface area (Å²) < 4.78 is 2.25. The van der Waals surface area contributed by atoms with Gasteiger partial charge in [-0.05, 0) is 19.4 Å². The van der Waals surface area contributed by atoms with Crippen LogP contribution < -0.4 is 5.73 Å². The predicted molar refractivity (Wildman–Crippen MR) is 59.2 cm³/mol. The number of hydrogen-bond donors (Lipinski definition) is 1.